The highest BCUT2D eigenvalue weighted by Gasteiger charge is 2.30. The third kappa shape index (κ3) is 5.18. The number of nitrogens with zero attached hydrogens (tertiary/aromatic N) is 3. The first kappa shape index (κ1) is 25.6. The predicted octanol–water partition coefficient (Wildman–Crippen LogP) is 4.30. The van der Waals surface area contributed by atoms with Crippen LogP contribution < -0.4 is 14.8 Å². The first-order valence-corrected chi connectivity index (χ1v) is 13.4. The highest BCUT2D eigenvalue weighted by atomic mass is 127. The lowest BCUT2D eigenvalue weighted by Gasteiger charge is -2.33. The summed E-state index contributed by atoms with van der Waals surface area (Å²) >= 11 is 2.21. The van der Waals surface area contributed by atoms with Crippen molar-refractivity contribution in [3.63, 3.8) is 0 Å². The molecule has 5 heterocycles. The van der Waals surface area contributed by atoms with E-state index in [1.807, 2.05) is 32.9 Å². The molecule has 2 N–H and O–H groups in total. The summed E-state index contributed by atoms with van der Waals surface area (Å²) < 4.78 is 18.2. The van der Waals surface area contributed by atoms with E-state index in [0.29, 0.717) is 60.7 Å². The lowest BCUT2D eigenvalue weighted by Crippen LogP contribution is -2.44. The summed E-state index contributed by atoms with van der Waals surface area (Å²) in [4.78, 5) is 39.4. The Kier molecular flexibility index (Phi) is 6.90. The molecule has 3 aromatic rings. The maximum atomic E-state index is 12.5. The number of hydrogen-bond donors (Lipinski definition) is 2. The van der Waals surface area contributed by atoms with Crippen LogP contribution in [0.5, 0.6) is 11.6 Å². The third-order valence-corrected chi connectivity index (χ3v) is 7.49. The second kappa shape index (κ2) is 9.99. The number of ether oxygens (including phenoxy) is 3. The topological polar surface area (TPSA) is 119 Å². The van der Waals surface area contributed by atoms with Crippen molar-refractivity contribution in [2.45, 2.75) is 51.7 Å². The molecule has 0 radical (unpaired) electrons. The number of carbonyl (C=O) groups excluding carboxylic acids is 2. The number of aromatic amines is 1. The van der Waals surface area contributed by atoms with Crippen molar-refractivity contribution < 1.29 is 23.8 Å². The molecule has 10 nitrogen and oxygen atoms in total. The SMILES string of the molecule is COc1cc2nccc(-c3[nH]c4c(c3I)C(=O)NCC4)c2nc1OC1CCN(C(=O)OC(C)(C)C)CC1. The first-order chi connectivity index (χ1) is 17.6. The Morgan fingerprint density at radius 1 is 1.24 bits per heavy atom. The Morgan fingerprint density at radius 2 is 2.00 bits per heavy atom. The highest BCUT2D eigenvalue weighted by molar-refractivity contribution is 14.1. The van der Waals surface area contributed by atoms with Crippen molar-refractivity contribution in [1.29, 1.82) is 0 Å². The number of aromatic nitrogens is 3. The van der Waals surface area contributed by atoms with Crippen molar-refractivity contribution in [2.24, 2.45) is 0 Å². The molecule has 0 aromatic carbocycles. The van der Waals surface area contributed by atoms with Gasteiger partial charge in [0.25, 0.3) is 11.8 Å². The van der Waals surface area contributed by atoms with E-state index in [1.165, 1.54) is 0 Å². The summed E-state index contributed by atoms with van der Waals surface area (Å²) in [5.41, 5.74) is 4.07. The van der Waals surface area contributed by atoms with Gasteiger partial charge >= 0.3 is 6.09 Å². The van der Waals surface area contributed by atoms with Crippen LogP contribution in [0.2, 0.25) is 0 Å². The predicted molar refractivity (Wildman–Crippen MR) is 146 cm³/mol. The second-order valence-electron chi connectivity index (χ2n) is 10.2. The summed E-state index contributed by atoms with van der Waals surface area (Å²) in [6.07, 6.45) is 3.34. The van der Waals surface area contributed by atoms with Crippen LogP contribution in [0, 0.1) is 3.57 Å². The third-order valence-electron chi connectivity index (χ3n) is 6.41. The van der Waals surface area contributed by atoms with E-state index in [1.54, 1.807) is 18.2 Å². The van der Waals surface area contributed by atoms with Crippen molar-refractivity contribution in [3.05, 3.63) is 33.2 Å². The minimum Gasteiger partial charge on any atom is -0.491 e. The van der Waals surface area contributed by atoms with E-state index in [2.05, 4.69) is 37.9 Å². The molecule has 0 aliphatic carbocycles. The zero-order valence-corrected chi connectivity index (χ0v) is 23.5. The van der Waals surface area contributed by atoms with Crippen LogP contribution in [0.25, 0.3) is 22.3 Å². The van der Waals surface area contributed by atoms with Gasteiger partial charge in [-0.25, -0.2) is 9.78 Å². The summed E-state index contributed by atoms with van der Waals surface area (Å²) in [5, 5.41) is 2.91. The van der Waals surface area contributed by atoms with Crippen LogP contribution in [0.4, 0.5) is 4.79 Å². The minimum atomic E-state index is -0.529. The Morgan fingerprint density at radius 3 is 2.68 bits per heavy atom. The van der Waals surface area contributed by atoms with Crippen molar-refractivity contribution in [1.82, 2.24) is 25.2 Å². The van der Waals surface area contributed by atoms with Crippen molar-refractivity contribution in [3.8, 4) is 22.9 Å². The van der Waals surface area contributed by atoms with Crippen molar-refractivity contribution in [2.75, 3.05) is 26.7 Å². The number of methoxy groups -OCH3 is 1. The molecule has 2 aliphatic rings. The quantitative estimate of drug-likeness (QED) is 0.418. The molecule has 0 atom stereocenters. The number of pyridine rings is 2. The van der Waals surface area contributed by atoms with Crippen LogP contribution in [0.1, 0.15) is 49.7 Å². The average Bonchev–Trinajstić information content (AvgIpc) is 3.20. The van der Waals surface area contributed by atoms with E-state index < -0.39 is 5.60 Å². The molecule has 11 heteroatoms. The fourth-order valence-corrected chi connectivity index (χ4v) is 5.63. The number of nitrogens with one attached hydrogen (secondary N) is 2. The largest absolute Gasteiger partial charge is 0.491 e. The molecule has 0 spiro atoms. The molecule has 3 aromatic heterocycles. The molecule has 2 amide bonds. The van der Waals surface area contributed by atoms with E-state index in [4.69, 9.17) is 19.2 Å². The number of H-pyrrole nitrogens is 1. The Balaban J connectivity index is 1.42. The summed E-state index contributed by atoms with van der Waals surface area (Å²) in [6, 6.07) is 3.71. The van der Waals surface area contributed by atoms with Gasteiger partial charge < -0.3 is 29.4 Å². The lowest BCUT2D eigenvalue weighted by atomic mass is 10.1. The number of rotatable bonds is 4. The first-order valence-electron chi connectivity index (χ1n) is 12.3. The van der Waals surface area contributed by atoms with Gasteiger partial charge in [0.05, 0.1) is 27.5 Å². The Bertz CT molecular complexity index is 1360. The zero-order chi connectivity index (χ0) is 26.3. The molecule has 1 saturated heterocycles. The van der Waals surface area contributed by atoms with E-state index in [0.717, 1.165) is 26.9 Å². The minimum absolute atomic E-state index is 0.0668. The highest BCUT2D eigenvalue weighted by Crippen LogP contribution is 2.37. The number of fused-ring (bicyclic) bond motifs is 2. The fraction of sp³-hybridized carbons (Fsp3) is 0.462. The molecule has 0 unspecified atom stereocenters. The van der Waals surface area contributed by atoms with Gasteiger partial charge in [-0.15, -0.1) is 0 Å². The van der Waals surface area contributed by atoms with Crippen LogP contribution in [0.15, 0.2) is 18.3 Å². The molecule has 0 saturated carbocycles. The number of amides is 2. The maximum absolute atomic E-state index is 12.5. The molecule has 5 rings (SSSR count). The normalized spacial score (nSPS) is 16.4. The number of likely N-dealkylation sites (tertiary alicyclic amines) is 1. The van der Waals surface area contributed by atoms with Gasteiger partial charge in [0.1, 0.15) is 17.2 Å². The van der Waals surface area contributed by atoms with E-state index >= 15 is 0 Å². The van der Waals surface area contributed by atoms with Gasteiger partial charge in [0.15, 0.2) is 5.75 Å². The number of halogens is 1. The number of piperidine rings is 1. The van der Waals surface area contributed by atoms with E-state index in [-0.39, 0.29) is 18.1 Å². The summed E-state index contributed by atoms with van der Waals surface area (Å²) in [7, 11) is 1.57. The maximum Gasteiger partial charge on any atom is 0.410 e. The van der Waals surface area contributed by atoms with Crippen LogP contribution in [-0.2, 0) is 11.2 Å². The molecular weight excluding hydrogens is 589 g/mol. The van der Waals surface area contributed by atoms with Gasteiger partial charge in [-0.3, -0.25) is 9.78 Å². The second-order valence-corrected chi connectivity index (χ2v) is 11.3. The Hall–Kier alpha value is -3.09. The van der Waals surface area contributed by atoms with E-state index in [9.17, 15) is 9.59 Å². The smallest absolute Gasteiger partial charge is 0.410 e. The van der Waals surface area contributed by atoms with Crippen LogP contribution in [0.3, 0.4) is 0 Å². The van der Waals surface area contributed by atoms with Crippen LogP contribution in [-0.4, -0.2) is 70.3 Å². The average molecular weight is 619 g/mol. The van der Waals surface area contributed by atoms with Gasteiger partial charge in [0.2, 0.25) is 0 Å². The molecule has 37 heavy (non-hydrogen) atoms. The molecule has 0 bridgehead atoms. The van der Waals surface area contributed by atoms with Gasteiger partial charge in [-0.1, -0.05) is 0 Å². The summed E-state index contributed by atoms with van der Waals surface area (Å²) in [5.74, 6) is 0.804. The van der Waals surface area contributed by atoms with Crippen LogP contribution >= 0.6 is 22.6 Å². The standard InChI is InChI=1S/C26H30IN5O5/c1-26(2,3)37-25(34)32-11-7-14(8-12-32)36-24-18(35-4)13-17-21(31-24)15(5-9-28-17)22-20(27)19-16(30-22)6-10-29-23(19)33/h5,9,13-14,30H,6-8,10-12H2,1-4H3,(H,29,33). The van der Waals surface area contributed by atoms with Gasteiger partial charge in [-0.05, 0) is 49.4 Å². The number of carbonyl (C=O) groups is 2. The zero-order valence-electron chi connectivity index (χ0n) is 21.3. The fourth-order valence-electron chi connectivity index (χ4n) is 4.63. The van der Waals surface area contributed by atoms with Gasteiger partial charge in [-0.2, -0.15) is 0 Å². The summed E-state index contributed by atoms with van der Waals surface area (Å²) in [6.45, 7) is 7.27. The van der Waals surface area contributed by atoms with Crippen molar-refractivity contribution >= 4 is 45.6 Å². The van der Waals surface area contributed by atoms with Gasteiger partial charge in [0, 0.05) is 62.4 Å². The molecular formula is C26H30IN5O5. The molecule has 2 aliphatic heterocycles. The molecule has 1 fully saturated rings. The monoisotopic (exact) mass is 619 g/mol. The lowest BCUT2D eigenvalue weighted by molar-refractivity contribution is 0.0121. The molecule has 196 valence electrons. The number of hydrogen-bond acceptors (Lipinski definition) is 7. The Labute approximate surface area is 228 Å².